The van der Waals surface area contributed by atoms with Gasteiger partial charge >= 0.3 is 0 Å². The highest BCUT2D eigenvalue weighted by atomic mass is 16.5. The van der Waals surface area contributed by atoms with Crippen LogP contribution in [-0.4, -0.2) is 13.2 Å². The second kappa shape index (κ2) is 5.38. The van der Waals surface area contributed by atoms with E-state index in [-0.39, 0.29) is 12.1 Å². The van der Waals surface area contributed by atoms with Crippen LogP contribution in [0.3, 0.4) is 0 Å². The number of hydrogen-bond acceptors (Lipinski definition) is 3. The molecule has 80 valence electrons. The van der Waals surface area contributed by atoms with Gasteiger partial charge in [0.1, 0.15) is 11.8 Å². The molecule has 3 heteroatoms. The van der Waals surface area contributed by atoms with Gasteiger partial charge in [-0.2, -0.15) is 5.26 Å². The molecule has 1 atom stereocenters. The molecule has 0 saturated heterocycles. The average Bonchev–Trinajstić information content (AvgIpc) is 2.21. The largest absolute Gasteiger partial charge is 0.491 e. The summed E-state index contributed by atoms with van der Waals surface area (Å²) in [6, 6.07) is 9.51. The molecule has 0 spiro atoms. The molecule has 0 aliphatic heterocycles. The van der Waals surface area contributed by atoms with Crippen LogP contribution in [0.5, 0.6) is 5.75 Å². The molecule has 3 nitrogen and oxygen atoms in total. The standard InChI is InChI=1S/C12H16N2O/c1-9(2)15-11-6-4-10(5-7-11)12(8-13)14-3/h4-7,9,12,14H,1-3H3. The topological polar surface area (TPSA) is 45.0 Å². The van der Waals surface area contributed by atoms with Crippen molar-refractivity contribution in [3.05, 3.63) is 29.8 Å². The summed E-state index contributed by atoms with van der Waals surface area (Å²) < 4.78 is 5.51. The fourth-order valence-corrected chi connectivity index (χ4v) is 1.32. The molecular weight excluding hydrogens is 188 g/mol. The van der Waals surface area contributed by atoms with Gasteiger partial charge in [-0.25, -0.2) is 0 Å². The first kappa shape index (κ1) is 11.5. The second-order valence-electron chi connectivity index (χ2n) is 3.59. The molecule has 1 aromatic rings. The van der Waals surface area contributed by atoms with Crippen molar-refractivity contribution in [3.63, 3.8) is 0 Å². The van der Waals surface area contributed by atoms with Gasteiger partial charge < -0.3 is 10.1 Å². The summed E-state index contributed by atoms with van der Waals surface area (Å²) in [7, 11) is 1.77. The predicted molar refractivity (Wildman–Crippen MR) is 59.6 cm³/mol. The third-order valence-corrected chi connectivity index (χ3v) is 2.00. The lowest BCUT2D eigenvalue weighted by atomic mass is 10.1. The molecule has 1 rings (SSSR count). The van der Waals surface area contributed by atoms with Crippen molar-refractivity contribution in [1.82, 2.24) is 5.32 Å². The van der Waals surface area contributed by atoms with E-state index in [9.17, 15) is 0 Å². The van der Waals surface area contributed by atoms with Crippen LogP contribution in [0.15, 0.2) is 24.3 Å². The fourth-order valence-electron chi connectivity index (χ4n) is 1.32. The van der Waals surface area contributed by atoms with Gasteiger partial charge in [-0.15, -0.1) is 0 Å². The summed E-state index contributed by atoms with van der Waals surface area (Å²) in [5, 5.41) is 11.8. The number of hydrogen-bond donors (Lipinski definition) is 1. The average molecular weight is 204 g/mol. The third-order valence-electron chi connectivity index (χ3n) is 2.00. The van der Waals surface area contributed by atoms with Gasteiger partial charge in [-0.3, -0.25) is 0 Å². The van der Waals surface area contributed by atoms with E-state index in [0.717, 1.165) is 11.3 Å². The van der Waals surface area contributed by atoms with Crippen LogP contribution in [-0.2, 0) is 0 Å². The zero-order chi connectivity index (χ0) is 11.3. The normalized spacial score (nSPS) is 12.2. The lowest BCUT2D eigenvalue weighted by Gasteiger charge is -2.11. The molecule has 0 fully saturated rings. The Morgan fingerprint density at radius 3 is 2.27 bits per heavy atom. The van der Waals surface area contributed by atoms with E-state index in [1.807, 2.05) is 38.1 Å². The van der Waals surface area contributed by atoms with Gasteiger partial charge in [0.25, 0.3) is 0 Å². The van der Waals surface area contributed by atoms with Gasteiger partial charge in [-0.1, -0.05) is 12.1 Å². The second-order valence-corrected chi connectivity index (χ2v) is 3.59. The Morgan fingerprint density at radius 1 is 1.27 bits per heavy atom. The zero-order valence-electron chi connectivity index (χ0n) is 9.32. The number of nitrogens with zero attached hydrogens (tertiary/aromatic N) is 1. The summed E-state index contributed by atoms with van der Waals surface area (Å²) in [6.07, 6.45) is 0.173. The number of rotatable bonds is 4. The Hall–Kier alpha value is -1.53. The van der Waals surface area contributed by atoms with Crippen molar-refractivity contribution < 1.29 is 4.74 Å². The SMILES string of the molecule is CNC(C#N)c1ccc(OC(C)C)cc1. The minimum atomic E-state index is -0.252. The summed E-state index contributed by atoms with van der Waals surface area (Å²) in [5.41, 5.74) is 0.955. The van der Waals surface area contributed by atoms with Crippen molar-refractivity contribution >= 4 is 0 Å². The monoisotopic (exact) mass is 204 g/mol. The number of ether oxygens (including phenoxy) is 1. The minimum Gasteiger partial charge on any atom is -0.491 e. The maximum absolute atomic E-state index is 8.85. The molecule has 1 aromatic carbocycles. The summed E-state index contributed by atoms with van der Waals surface area (Å²) in [6.45, 7) is 3.97. The summed E-state index contributed by atoms with van der Waals surface area (Å²) in [4.78, 5) is 0. The van der Waals surface area contributed by atoms with Crippen LogP contribution in [0.4, 0.5) is 0 Å². The Morgan fingerprint density at radius 2 is 1.87 bits per heavy atom. The van der Waals surface area contributed by atoms with E-state index >= 15 is 0 Å². The zero-order valence-corrected chi connectivity index (χ0v) is 9.32. The fraction of sp³-hybridized carbons (Fsp3) is 0.417. The van der Waals surface area contributed by atoms with Crippen LogP contribution in [0.25, 0.3) is 0 Å². The highest BCUT2D eigenvalue weighted by Gasteiger charge is 2.07. The first-order chi connectivity index (χ1) is 7.17. The van der Waals surface area contributed by atoms with Crippen LogP contribution in [0.2, 0.25) is 0 Å². The molecule has 0 aromatic heterocycles. The van der Waals surface area contributed by atoms with Crippen molar-refractivity contribution in [3.8, 4) is 11.8 Å². The van der Waals surface area contributed by atoms with E-state index in [1.165, 1.54) is 0 Å². The van der Waals surface area contributed by atoms with E-state index in [4.69, 9.17) is 10.00 Å². The lowest BCUT2D eigenvalue weighted by molar-refractivity contribution is 0.242. The number of nitriles is 1. The predicted octanol–water partition coefficient (Wildman–Crippen LogP) is 2.26. The van der Waals surface area contributed by atoms with E-state index < -0.39 is 0 Å². The first-order valence-corrected chi connectivity index (χ1v) is 5.01. The smallest absolute Gasteiger partial charge is 0.121 e. The van der Waals surface area contributed by atoms with E-state index in [0.29, 0.717) is 0 Å². The molecular formula is C12H16N2O. The van der Waals surface area contributed by atoms with E-state index in [1.54, 1.807) is 7.05 Å². The quantitative estimate of drug-likeness (QED) is 0.818. The maximum Gasteiger partial charge on any atom is 0.121 e. The Bertz CT molecular complexity index is 338. The Balaban J connectivity index is 2.76. The Kier molecular flexibility index (Phi) is 4.14. The van der Waals surface area contributed by atoms with Crippen molar-refractivity contribution in [1.29, 1.82) is 5.26 Å². The Labute approximate surface area is 90.7 Å². The molecule has 0 amide bonds. The van der Waals surface area contributed by atoms with Crippen LogP contribution >= 0.6 is 0 Å². The number of nitrogens with one attached hydrogen (secondary N) is 1. The van der Waals surface area contributed by atoms with E-state index in [2.05, 4.69) is 11.4 Å². The van der Waals surface area contributed by atoms with Crippen molar-refractivity contribution in [2.45, 2.75) is 26.0 Å². The highest BCUT2D eigenvalue weighted by molar-refractivity contribution is 5.31. The van der Waals surface area contributed by atoms with Gasteiger partial charge in [0, 0.05) is 0 Å². The van der Waals surface area contributed by atoms with Crippen LogP contribution in [0, 0.1) is 11.3 Å². The van der Waals surface area contributed by atoms with Gasteiger partial charge in [0.15, 0.2) is 0 Å². The lowest BCUT2D eigenvalue weighted by Crippen LogP contribution is -2.14. The van der Waals surface area contributed by atoms with Crippen LogP contribution in [0.1, 0.15) is 25.5 Å². The molecule has 0 aliphatic carbocycles. The molecule has 0 saturated carbocycles. The highest BCUT2D eigenvalue weighted by Crippen LogP contribution is 2.17. The van der Waals surface area contributed by atoms with Gasteiger partial charge in [0.2, 0.25) is 0 Å². The van der Waals surface area contributed by atoms with Gasteiger partial charge in [-0.05, 0) is 38.6 Å². The molecule has 0 radical (unpaired) electrons. The minimum absolute atomic E-state index is 0.173. The number of benzene rings is 1. The third kappa shape index (κ3) is 3.26. The van der Waals surface area contributed by atoms with Crippen LogP contribution < -0.4 is 10.1 Å². The summed E-state index contributed by atoms with van der Waals surface area (Å²) >= 11 is 0. The first-order valence-electron chi connectivity index (χ1n) is 5.01. The molecule has 1 unspecified atom stereocenters. The van der Waals surface area contributed by atoms with Gasteiger partial charge in [0.05, 0.1) is 12.2 Å². The molecule has 0 aliphatic rings. The molecule has 0 heterocycles. The summed E-state index contributed by atoms with van der Waals surface area (Å²) in [5.74, 6) is 0.835. The van der Waals surface area contributed by atoms with Crippen molar-refractivity contribution in [2.75, 3.05) is 7.05 Å². The molecule has 15 heavy (non-hydrogen) atoms. The molecule has 0 bridgehead atoms. The van der Waals surface area contributed by atoms with Crippen molar-refractivity contribution in [2.24, 2.45) is 0 Å². The maximum atomic E-state index is 8.85. The molecule has 1 N–H and O–H groups in total.